The van der Waals surface area contributed by atoms with Gasteiger partial charge in [-0.3, -0.25) is 14.4 Å². The Balaban J connectivity index is 1.55. The number of anilines is 2. The van der Waals surface area contributed by atoms with E-state index in [4.69, 9.17) is 4.74 Å². The van der Waals surface area contributed by atoms with Crippen LogP contribution in [0.5, 0.6) is 11.5 Å². The zero-order valence-electron chi connectivity index (χ0n) is 21.0. The molecular formula is C30H26BrN3O5. The van der Waals surface area contributed by atoms with Crippen LogP contribution in [0.2, 0.25) is 0 Å². The lowest BCUT2D eigenvalue weighted by atomic mass is 10.0. The van der Waals surface area contributed by atoms with Gasteiger partial charge in [-0.25, -0.2) is 0 Å². The molecule has 0 bridgehead atoms. The first-order valence-corrected chi connectivity index (χ1v) is 12.8. The van der Waals surface area contributed by atoms with Gasteiger partial charge >= 0.3 is 0 Å². The number of phenols is 1. The van der Waals surface area contributed by atoms with Gasteiger partial charge in [-0.05, 0) is 82.2 Å². The molecule has 9 heteroatoms. The van der Waals surface area contributed by atoms with Crippen molar-refractivity contribution in [1.82, 2.24) is 5.32 Å². The predicted octanol–water partition coefficient (Wildman–Crippen LogP) is 5.40. The summed E-state index contributed by atoms with van der Waals surface area (Å²) in [7, 11) is 1.54. The monoisotopic (exact) mass is 587 g/mol. The number of carbonyl (C=O) groups is 3. The Morgan fingerprint density at radius 2 is 1.44 bits per heavy atom. The summed E-state index contributed by atoms with van der Waals surface area (Å²) < 4.78 is 5.83. The predicted molar refractivity (Wildman–Crippen MR) is 153 cm³/mol. The summed E-state index contributed by atoms with van der Waals surface area (Å²) in [5, 5.41) is 18.1. The molecule has 0 fully saturated rings. The molecule has 4 rings (SSSR count). The van der Waals surface area contributed by atoms with E-state index in [9.17, 15) is 19.5 Å². The van der Waals surface area contributed by atoms with Gasteiger partial charge in [0.1, 0.15) is 17.5 Å². The Bertz CT molecular complexity index is 1470. The minimum Gasteiger partial charge on any atom is -0.508 e. The van der Waals surface area contributed by atoms with E-state index >= 15 is 0 Å². The van der Waals surface area contributed by atoms with Crippen LogP contribution >= 0.6 is 15.9 Å². The van der Waals surface area contributed by atoms with Crippen LogP contribution in [0.15, 0.2) is 102 Å². The van der Waals surface area contributed by atoms with Crippen molar-refractivity contribution < 1.29 is 24.2 Å². The molecule has 4 aromatic rings. The lowest BCUT2D eigenvalue weighted by molar-refractivity contribution is -0.118. The van der Waals surface area contributed by atoms with Gasteiger partial charge in [-0.1, -0.05) is 36.4 Å². The Morgan fingerprint density at radius 3 is 2.10 bits per heavy atom. The van der Waals surface area contributed by atoms with E-state index in [2.05, 4.69) is 31.9 Å². The standard InChI is InChI=1S/C30H26BrN3O5/c1-39-22-16-12-20(13-17-22)28(36)32-25-8-4-2-6-23(25)29(37)34-27(18-19-10-14-21(35)15-11-19)30(38)33-26-9-5-3-7-24(26)31/h2-17,27,35H,18H2,1H3,(H,32,36)(H,33,38)(H,34,37)/t27-/m0/s1. The number of nitrogens with one attached hydrogen (secondary N) is 3. The first-order valence-electron chi connectivity index (χ1n) is 12.0. The van der Waals surface area contributed by atoms with Crippen LogP contribution in [0.4, 0.5) is 11.4 Å². The number of benzene rings is 4. The molecule has 198 valence electrons. The number of para-hydroxylation sites is 2. The van der Waals surface area contributed by atoms with E-state index in [1.165, 1.54) is 19.2 Å². The van der Waals surface area contributed by atoms with Crippen LogP contribution in [-0.2, 0) is 11.2 Å². The third kappa shape index (κ3) is 7.24. The first kappa shape index (κ1) is 27.4. The normalized spacial score (nSPS) is 11.2. The molecule has 0 radical (unpaired) electrons. The molecule has 0 unspecified atom stereocenters. The van der Waals surface area contributed by atoms with Crippen molar-refractivity contribution in [2.45, 2.75) is 12.5 Å². The number of amides is 3. The smallest absolute Gasteiger partial charge is 0.255 e. The molecule has 4 aromatic carbocycles. The van der Waals surface area contributed by atoms with E-state index in [1.54, 1.807) is 78.9 Å². The number of carbonyl (C=O) groups excluding carboxylic acids is 3. The Kier molecular flexibility index (Phi) is 8.96. The van der Waals surface area contributed by atoms with Crippen molar-refractivity contribution in [1.29, 1.82) is 0 Å². The van der Waals surface area contributed by atoms with Crippen LogP contribution < -0.4 is 20.7 Å². The zero-order chi connectivity index (χ0) is 27.8. The highest BCUT2D eigenvalue weighted by Gasteiger charge is 2.24. The quantitative estimate of drug-likeness (QED) is 0.209. The molecule has 0 aliphatic heterocycles. The maximum Gasteiger partial charge on any atom is 0.255 e. The second-order valence-corrected chi connectivity index (χ2v) is 9.45. The number of hydrogen-bond donors (Lipinski definition) is 4. The van der Waals surface area contributed by atoms with Gasteiger partial charge in [-0.2, -0.15) is 0 Å². The van der Waals surface area contributed by atoms with Crippen molar-refractivity contribution in [3.63, 3.8) is 0 Å². The second-order valence-electron chi connectivity index (χ2n) is 8.59. The van der Waals surface area contributed by atoms with Crippen molar-refractivity contribution >= 4 is 45.0 Å². The van der Waals surface area contributed by atoms with Gasteiger partial charge in [0.2, 0.25) is 5.91 Å². The summed E-state index contributed by atoms with van der Waals surface area (Å²) in [6.07, 6.45) is 0.169. The van der Waals surface area contributed by atoms with Gasteiger partial charge in [-0.15, -0.1) is 0 Å². The van der Waals surface area contributed by atoms with E-state index in [0.29, 0.717) is 27.2 Å². The average Bonchev–Trinajstić information content (AvgIpc) is 2.95. The molecule has 4 N–H and O–H groups in total. The van der Waals surface area contributed by atoms with Crippen LogP contribution in [0, 0.1) is 0 Å². The van der Waals surface area contributed by atoms with Crippen molar-refractivity contribution in [2.75, 3.05) is 17.7 Å². The summed E-state index contributed by atoms with van der Waals surface area (Å²) in [5.41, 5.74) is 2.18. The highest BCUT2D eigenvalue weighted by atomic mass is 79.9. The fourth-order valence-corrected chi connectivity index (χ4v) is 4.21. The summed E-state index contributed by atoms with van der Waals surface area (Å²) in [6, 6.07) is 25.7. The van der Waals surface area contributed by atoms with Gasteiger partial charge in [0.15, 0.2) is 0 Å². The second kappa shape index (κ2) is 12.7. The first-order chi connectivity index (χ1) is 18.8. The largest absolute Gasteiger partial charge is 0.508 e. The molecule has 39 heavy (non-hydrogen) atoms. The number of ether oxygens (including phenoxy) is 1. The lowest BCUT2D eigenvalue weighted by Gasteiger charge is -2.20. The van der Waals surface area contributed by atoms with Gasteiger partial charge in [0.25, 0.3) is 11.8 Å². The number of hydrogen-bond acceptors (Lipinski definition) is 5. The number of halogens is 1. The van der Waals surface area contributed by atoms with E-state index in [1.807, 2.05) is 6.07 Å². The SMILES string of the molecule is COc1ccc(C(=O)Nc2ccccc2C(=O)N[C@@H](Cc2ccc(O)cc2)C(=O)Nc2ccccc2Br)cc1. The molecule has 1 atom stereocenters. The average molecular weight is 588 g/mol. The molecule has 8 nitrogen and oxygen atoms in total. The van der Waals surface area contributed by atoms with Crippen molar-refractivity contribution in [3.8, 4) is 11.5 Å². The highest BCUT2D eigenvalue weighted by Crippen LogP contribution is 2.23. The third-order valence-corrected chi connectivity index (χ3v) is 6.59. The number of phenolic OH excluding ortho intramolecular Hbond substituents is 1. The lowest BCUT2D eigenvalue weighted by Crippen LogP contribution is -2.45. The van der Waals surface area contributed by atoms with E-state index in [0.717, 1.165) is 5.56 Å². The van der Waals surface area contributed by atoms with Crippen molar-refractivity contribution in [2.24, 2.45) is 0 Å². The molecule has 0 aliphatic carbocycles. The Hall–Kier alpha value is -4.63. The van der Waals surface area contributed by atoms with E-state index in [-0.39, 0.29) is 17.7 Å². The number of aromatic hydroxyl groups is 1. The summed E-state index contributed by atoms with van der Waals surface area (Å²) in [6.45, 7) is 0. The molecule has 0 spiro atoms. The fourth-order valence-electron chi connectivity index (χ4n) is 3.82. The van der Waals surface area contributed by atoms with Crippen LogP contribution in [0.25, 0.3) is 0 Å². The van der Waals surface area contributed by atoms with Crippen LogP contribution in [0.1, 0.15) is 26.3 Å². The minimum absolute atomic E-state index is 0.0959. The number of rotatable bonds is 9. The minimum atomic E-state index is -0.959. The molecule has 0 saturated carbocycles. The zero-order valence-corrected chi connectivity index (χ0v) is 22.6. The van der Waals surface area contributed by atoms with Gasteiger partial charge in [0.05, 0.1) is 24.0 Å². The van der Waals surface area contributed by atoms with Gasteiger partial charge in [0, 0.05) is 16.5 Å². The molecule has 0 saturated heterocycles. The number of methoxy groups -OCH3 is 1. The van der Waals surface area contributed by atoms with Gasteiger partial charge < -0.3 is 25.8 Å². The Morgan fingerprint density at radius 1 is 0.795 bits per heavy atom. The van der Waals surface area contributed by atoms with E-state index < -0.39 is 23.8 Å². The summed E-state index contributed by atoms with van der Waals surface area (Å²) in [5.74, 6) is -0.648. The molecule has 0 aromatic heterocycles. The molecule has 0 heterocycles. The van der Waals surface area contributed by atoms with Crippen LogP contribution in [0.3, 0.4) is 0 Å². The molecule has 0 aliphatic rings. The summed E-state index contributed by atoms with van der Waals surface area (Å²) in [4.78, 5) is 39.6. The Labute approximate surface area is 234 Å². The third-order valence-electron chi connectivity index (χ3n) is 5.90. The maximum atomic E-state index is 13.4. The van der Waals surface area contributed by atoms with Crippen molar-refractivity contribution in [3.05, 3.63) is 118 Å². The summed E-state index contributed by atoms with van der Waals surface area (Å²) >= 11 is 3.42. The molecular weight excluding hydrogens is 562 g/mol. The topological polar surface area (TPSA) is 117 Å². The van der Waals surface area contributed by atoms with Crippen LogP contribution in [-0.4, -0.2) is 36.0 Å². The maximum absolute atomic E-state index is 13.4. The molecule has 3 amide bonds. The highest BCUT2D eigenvalue weighted by molar-refractivity contribution is 9.10. The fraction of sp³-hybridized carbons (Fsp3) is 0.100.